The standard InChI is InChI=1S/C15H25NO/c1-11(2)6-7-16(5)10-14-8-12(3)15(17)13(4)9-14/h8-9,11,17H,6-7,10H2,1-5H3. The van der Waals surface area contributed by atoms with Gasteiger partial charge in [-0.2, -0.15) is 0 Å². The first-order valence-corrected chi connectivity index (χ1v) is 6.37. The molecule has 2 nitrogen and oxygen atoms in total. The zero-order valence-corrected chi connectivity index (χ0v) is 11.7. The van der Waals surface area contributed by atoms with Gasteiger partial charge in [-0.3, -0.25) is 0 Å². The Morgan fingerprint density at radius 2 is 1.71 bits per heavy atom. The lowest BCUT2D eigenvalue weighted by molar-refractivity contribution is 0.303. The summed E-state index contributed by atoms with van der Waals surface area (Å²) < 4.78 is 0. The highest BCUT2D eigenvalue weighted by Crippen LogP contribution is 2.23. The number of nitrogens with zero attached hydrogens (tertiary/aromatic N) is 1. The van der Waals surface area contributed by atoms with E-state index >= 15 is 0 Å². The van der Waals surface area contributed by atoms with E-state index in [1.807, 2.05) is 13.8 Å². The van der Waals surface area contributed by atoms with Gasteiger partial charge in [-0.1, -0.05) is 26.0 Å². The summed E-state index contributed by atoms with van der Waals surface area (Å²) in [4.78, 5) is 2.34. The third-order valence-corrected chi connectivity index (χ3v) is 3.09. The lowest BCUT2D eigenvalue weighted by Gasteiger charge is -2.19. The predicted octanol–water partition coefficient (Wildman–Crippen LogP) is 3.49. The minimum Gasteiger partial charge on any atom is -0.507 e. The maximum Gasteiger partial charge on any atom is 0.121 e. The molecule has 0 spiro atoms. The SMILES string of the molecule is Cc1cc(CN(C)CCC(C)C)cc(C)c1O. The normalized spacial score (nSPS) is 11.5. The summed E-state index contributed by atoms with van der Waals surface area (Å²) >= 11 is 0. The van der Waals surface area contributed by atoms with E-state index in [9.17, 15) is 5.11 Å². The van der Waals surface area contributed by atoms with Crippen LogP contribution < -0.4 is 0 Å². The van der Waals surface area contributed by atoms with Crippen molar-refractivity contribution in [3.63, 3.8) is 0 Å². The number of aryl methyl sites for hydroxylation is 2. The number of benzene rings is 1. The molecule has 0 aliphatic heterocycles. The maximum absolute atomic E-state index is 9.73. The molecule has 0 bridgehead atoms. The van der Waals surface area contributed by atoms with Crippen molar-refractivity contribution in [3.05, 3.63) is 28.8 Å². The van der Waals surface area contributed by atoms with Crippen LogP contribution in [0.1, 0.15) is 37.0 Å². The molecule has 0 aliphatic carbocycles. The van der Waals surface area contributed by atoms with Crippen LogP contribution in [0.5, 0.6) is 5.75 Å². The maximum atomic E-state index is 9.73. The van der Waals surface area contributed by atoms with Gasteiger partial charge in [-0.15, -0.1) is 0 Å². The van der Waals surface area contributed by atoms with Gasteiger partial charge in [0, 0.05) is 6.54 Å². The van der Waals surface area contributed by atoms with E-state index in [4.69, 9.17) is 0 Å². The van der Waals surface area contributed by atoms with Crippen LogP contribution >= 0.6 is 0 Å². The van der Waals surface area contributed by atoms with E-state index in [1.54, 1.807) is 0 Å². The van der Waals surface area contributed by atoms with Crippen LogP contribution in [0.2, 0.25) is 0 Å². The third kappa shape index (κ3) is 4.39. The molecule has 17 heavy (non-hydrogen) atoms. The minimum absolute atomic E-state index is 0.429. The number of phenolic OH excluding ortho intramolecular Hbond substituents is 1. The number of aromatic hydroxyl groups is 1. The molecule has 1 aromatic rings. The first kappa shape index (κ1) is 14.0. The van der Waals surface area contributed by atoms with Crippen LogP contribution in [0.25, 0.3) is 0 Å². The summed E-state index contributed by atoms with van der Waals surface area (Å²) in [6.45, 7) is 10.5. The highest BCUT2D eigenvalue weighted by Gasteiger charge is 2.06. The second-order valence-electron chi connectivity index (χ2n) is 5.50. The summed E-state index contributed by atoms with van der Waals surface area (Å²) in [5.41, 5.74) is 3.22. The lowest BCUT2D eigenvalue weighted by atomic mass is 10.1. The molecule has 0 aromatic heterocycles. The molecule has 1 rings (SSSR count). The van der Waals surface area contributed by atoms with E-state index in [-0.39, 0.29) is 0 Å². The van der Waals surface area contributed by atoms with Crippen molar-refractivity contribution in [3.8, 4) is 5.75 Å². The van der Waals surface area contributed by atoms with Gasteiger partial charge in [0.15, 0.2) is 0 Å². The van der Waals surface area contributed by atoms with E-state index < -0.39 is 0 Å². The van der Waals surface area contributed by atoms with Crippen molar-refractivity contribution in [1.82, 2.24) is 4.90 Å². The van der Waals surface area contributed by atoms with Crippen molar-refractivity contribution >= 4 is 0 Å². The summed E-state index contributed by atoms with van der Waals surface area (Å²) in [6, 6.07) is 4.16. The van der Waals surface area contributed by atoms with Crippen LogP contribution in [0, 0.1) is 19.8 Å². The molecule has 0 unspecified atom stereocenters. The van der Waals surface area contributed by atoms with Gasteiger partial charge in [-0.25, -0.2) is 0 Å². The average molecular weight is 235 g/mol. The lowest BCUT2D eigenvalue weighted by Crippen LogP contribution is -2.20. The van der Waals surface area contributed by atoms with Gasteiger partial charge in [0.05, 0.1) is 0 Å². The molecule has 0 aliphatic rings. The average Bonchev–Trinajstić information content (AvgIpc) is 2.23. The molecular weight excluding hydrogens is 210 g/mol. The number of rotatable bonds is 5. The Balaban J connectivity index is 2.62. The van der Waals surface area contributed by atoms with Crippen LogP contribution in [0.4, 0.5) is 0 Å². The Morgan fingerprint density at radius 1 is 1.18 bits per heavy atom. The number of hydrogen-bond donors (Lipinski definition) is 1. The number of hydrogen-bond acceptors (Lipinski definition) is 2. The van der Waals surface area contributed by atoms with Crippen LogP contribution in [-0.2, 0) is 6.54 Å². The molecule has 1 N–H and O–H groups in total. The Labute approximate surface area is 105 Å². The fourth-order valence-electron chi connectivity index (χ4n) is 2.01. The predicted molar refractivity (Wildman–Crippen MR) is 73.4 cm³/mol. The van der Waals surface area contributed by atoms with Crippen molar-refractivity contribution in [2.24, 2.45) is 5.92 Å². The van der Waals surface area contributed by atoms with Crippen LogP contribution in [0.15, 0.2) is 12.1 Å². The molecule has 0 heterocycles. The van der Waals surface area contributed by atoms with Crippen LogP contribution in [0.3, 0.4) is 0 Å². The summed E-state index contributed by atoms with van der Waals surface area (Å²) in [7, 11) is 2.15. The summed E-state index contributed by atoms with van der Waals surface area (Å²) in [6.07, 6.45) is 1.23. The molecule has 1 aromatic carbocycles. The third-order valence-electron chi connectivity index (χ3n) is 3.09. The van der Waals surface area contributed by atoms with Crippen molar-refractivity contribution in [2.45, 2.75) is 40.7 Å². The Morgan fingerprint density at radius 3 is 2.18 bits per heavy atom. The molecule has 0 radical (unpaired) electrons. The largest absolute Gasteiger partial charge is 0.507 e. The van der Waals surface area contributed by atoms with Gasteiger partial charge in [-0.05, 0) is 56.5 Å². The number of phenols is 1. The Bertz CT molecular complexity index is 348. The monoisotopic (exact) mass is 235 g/mol. The van der Waals surface area contributed by atoms with Crippen molar-refractivity contribution in [1.29, 1.82) is 0 Å². The molecule has 96 valence electrons. The quantitative estimate of drug-likeness (QED) is 0.844. The van der Waals surface area contributed by atoms with Gasteiger partial charge < -0.3 is 10.0 Å². The highest BCUT2D eigenvalue weighted by molar-refractivity contribution is 5.42. The molecule has 0 saturated carbocycles. The molecule has 0 amide bonds. The second kappa shape index (κ2) is 6.06. The smallest absolute Gasteiger partial charge is 0.121 e. The van der Waals surface area contributed by atoms with Crippen molar-refractivity contribution < 1.29 is 5.11 Å². The van der Waals surface area contributed by atoms with E-state index in [0.29, 0.717) is 5.75 Å². The van der Waals surface area contributed by atoms with E-state index in [2.05, 4.69) is 37.9 Å². The second-order valence-corrected chi connectivity index (χ2v) is 5.50. The van der Waals surface area contributed by atoms with E-state index in [1.165, 1.54) is 12.0 Å². The fourth-order valence-corrected chi connectivity index (χ4v) is 2.01. The summed E-state index contributed by atoms with van der Waals surface area (Å²) in [5.74, 6) is 1.18. The Hall–Kier alpha value is -1.02. The molecule has 0 fully saturated rings. The van der Waals surface area contributed by atoms with E-state index in [0.717, 1.165) is 30.1 Å². The highest BCUT2D eigenvalue weighted by atomic mass is 16.3. The molecular formula is C15H25NO. The molecule has 0 saturated heterocycles. The van der Waals surface area contributed by atoms with Gasteiger partial charge >= 0.3 is 0 Å². The topological polar surface area (TPSA) is 23.5 Å². The molecule has 2 heteroatoms. The molecule has 0 atom stereocenters. The zero-order valence-electron chi connectivity index (χ0n) is 11.7. The fraction of sp³-hybridized carbons (Fsp3) is 0.600. The Kier molecular flexibility index (Phi) is 5.01. The van der Waals surface area contributed by atoms with Crippen molar-refractivity contribution in [2.75, 3.05) is 13.6 Å². The first-order valence-electron chi connectivity index (χ1n) is 6.37. The minimum atomic E-state index is 0.429. The van der Waals surface area contributed by atoms with Crippen LogP contribution in [-0.4, -0.2) is 23.6 Å². The summed E-state index contributed by atoms with van der Waals surface area (Å²) in [5, 5.41) is 9.73. The first-order chi connectivity index (χ1) is 7.90. The van der Waals surface area contributed by atoms with Gasteiger partial charge in [0.25, 0.3) is 0 Å². The van der Waals surface area contributed by atoms with Gasteiger partial charge in [0.1, 0.15) is 5.75 Å². The zero-order chi connectivity index (χ0) is 13.0. The van der Waals surface area contributed by atoms with Gasteiger partial charge in [0.2, 0.25) is 0 Å².